The molecule has 0 aliphatic heterocycles. The summed E-state index contributed by atoms with van der Waals surface area (Å²) in [6.07, 6.45) is 54.3. The summed E-state index contributed by atoms with van der Waals surface area (Å²) in [5.41, 5.74) is 0. The van der Waals surface area contributed by atoms with Crippen molar-refractivity contribution in [3.8, 4) is 0 Å². The molecule has 0 heterocycles. The summed E-state index contributed by atoms with van der Waals surface area (Å²) in [5.74, 6) is 0.981. The molecule has 0 aliphatic carbocycles. The highest BCUT2D eigenvalue weighted by Gasteiger charge is 2.30. The van der Waals surface area contributed by atoms with Crippen molar-refractivity contribution in [3.05, 3.63) is 0 Å². The predicted octanol–water partition coefficient (Wildman–Crippen LogP) is 23.2. The monoisotopic (exact) mass is 1440 g/mol. The summed E-state index contributed by atoms with van der Waals surface area (Å²) in [6.45, 7) is 14.2. The van der Waals surface area contributed by atoms with Crippen molar-refractivity contribution >= 4 is 39.5 Å². The van der Waals surface area contributed by atoms with Gasteiger partial charge in [0.1, 0.15) is 19.3 Å². The molecule has 0 saturated carbocycles. The van der Waals surface area contributed by atoms with E-state index in [1.54, 1.807) is 0 Å². The van der Waals surface area contributed by atoms with Gasteiger partial charge in [-0.1, -0.05) is 351 Å². The minimum absolute atomic E-state index is 0.104. The Morgan fingerprint density at radius 3 is 0.724 bits per heavy atom. The number of aliphatic hydroxyl groups is 1. The molecule has 0 amide bonds. The van der Waals surface area contributed by atoms with Crippen molar-refractivity contribution in [3.63, 3.8) is 0 Å². The van der Waals surface area contributed by atoms with Crippen LogP contribution in [0, 0.1) is 23.7 Å². The third kappa shape index (κ3) is 69.8. The molecule has 0 spiro atoms. The second-order valence-electron chi connectivity index (χ2n) is 29.9. The summed E-state index contributed by atoms with van der Waals surface area (Å²) in [5, 5.41) is 10.6. The lowest BCUT2D eigenvalue weighted by atomic mass is 9.99. The number of ether oxygens (including phenoxy) is 4. The third-order valence-corrected chi connectivity index (χ3v) is 20.9. The molecule has 17 nitrogen and oxygen atoms in total. The largest absolute Gasteiger partial charge is 0.472 e. The van der Waals surface area contributed by atoms with Gasteiger partial charge in [0.2, 0.25) is 0 Å². The highest BCUT2D eigenvalue weighted by Crippen LogP contribution is 2.45. The van der Waals surface area contributed by atoms with Crippen LogP contribution in [-0.4, -0.2) is 96.7 Å². The van der Waals surface area contributed by atoms with E-state index in [2.05, 4.69) is 55.4 Å². The Hall–Kier alpha value is -1.94. The van der Waals surface area contributed by atoms with Gasteiger partial charge in [-0.15, -0.1) is 0 Å². The molecule has 0 rings (SSSR count). The predicted molar refractivity (Wildman–Crippen MR) is 400 cm³/mol. The van der Waals surface area contributed by atoms with Crippen molar-refractivity contribution in [2.45, 2.75) is 420 Å². The molecule has 0 aromatic heterocycles. The van der Waals surface area contributed by atoms with Crippen LogP contribution >= 0.6 is 15.6 Å². The summed E-state index contributed by atoms with van der Waals surface area (Å²) >= 11 is 0. The van der Waals surface area contributed by atoms with E-state index in [1.165, 1.54) is 199 Å². The van der Waals surface area contributed by atoms with Crippen LogP contribution < -0.4 is 0 Å². The van der Waals surface area contributed by atoms with Gasteiger partial charge < -0.3 is 33.8 Å². The zero-order valence-electron chi connectivity index (χ0n) is 64.4. The molecular weight excluding hydrogens is 1280 g/mol. The molecule has 0 aromatic carbocycles. The van der Waals surface area contributed by atoms with Crippen LogP contribution in [0.4, 0.5) is 0 Å². The van der Waals surface area contributed by atoms with Crippen molar-refractivity contribution in [2.75, 3.05) is 39.6 Å². The Morgan fingerprint density at radius 2 is 0.490 bits per heavy atom. The number of hydrogen-bond acceptors (Lipinski definition) is 15. The minimum Gasteiger partial charge on any atom is -0.462 e. The molecule has 0 radical (unpaired) electrons. The first kappa shape index (κ1) is 96.1. The molecule has 4 unspecified atom stereocenters. The molecule has 98 heavy (non-hydrogen) atoms. The van der Waals surface area contributed by atoms with Gasteiger partial charge in [0, 0.05) is 25.7 Å². The number of unbranched alkanes of at least 4 members (excludes halogenated alkanes) is 40. The first-order chi connectivity index (χ1) is 47.2. The van der Waals surface area contributed by atoms with Gasteiger partial charge in [0.05, 0.1) is 26.4 Å². The fourth-order valence-electron chi connectivity index (χ4n) is 12.0. The van der Waals surface area contributed by atoms with Gasteiger partial charge in [-0.25, -0.2) is 9.13 Å². The second-order valence-corrected chi connectivity index (χ2v) is 32.8. The Bertz CT molecular complexity index is 1920. The molecule has 0 aliphatic rings. The zero-order valence-corrected chi connectivity index (χ0v) is 66.2. The molecule has 0 fully saturated rings. The van der Waals surface area contributed by atoms with Crippen molar-refractivity contribution in [1.29, 1.82) is 0 Å². The maximum absolute atomic E-state index is 13.1. The van der Waals surface area contributed by atoms with E-state index in [0.29, 0.717) is 31.6 Å². The topological polar surface area (TPSA) is 237 Å². The van der Waals surface area contributed by atoms with Crippen molar-refractivity contribution in [2.24, 2.45) is 23.7 Å². The maximum atomic E-state index is 13.1. The van der Waals surface area contributed by atoms with E-state index in [0.717, 1.165) is 114 Å². The van der Waals surface area contributed by atoms with Gasteiger partial charge in [-0.2, -0.15) is 0 Å². The standard InChI is InChI=1S/C79H154O17P2/c1-9-71(7)57-49-41-32-26-22-17-15-13-11-12-14-16-18-24-28-35-45-53-61-78(83)95-74(65-89-76(81)59-51-43-34-27-23-20-19-21-25-31-39-47-55-69(3)4)67-93-97(85,86)91-63-73(80)64-92-98(87,88)94-68-75(66-90-77(82)60-52-44-38-37-40-48-56-70(5)6)96-79(84)62-54-46-36-30-29-33-42-50-58-72(8)10-2/h69-75,80H,9-68H2,1-8H3,(H,85,86)(H,87,88)/t71?,72?,73-,74-,75-/m1/s1. The molecule has 0 saturated heterocycles. The molecular formula is C79H154O17P2. The van der Waals surface area contributed by atoms with Gasteiger partial charge >= 0.3 is 39.5 Å². The SMILES string of the molecule is CCC(C)CCCCCCCCCCCCCCCCCCCCC(=O)O[C@H](COC(=O)CCCCCCCCCCCCCCC(C)C)COP(=O)(O)OC[C@@H](O)COP(=O)(O)OC[C@@H](COC(=O)CCCCCCCCC(C)C)OC(=O)CCCCCCCCCCC(C)CC. The smallest absolute Gasteiger partial charge is 0.462 e. The molecule has 0 aromatic rings. The Balaban J connectivity index is 5.20. The number of carbonyl (C=O) groups excluding carboxylic acids is 4. The van der Waals surface area contributed by atoms with Crippen LogP contribution in [0.2, 0.25) is 0 Å². The molecule has 19 heteroatoms. The van der Waals surface area contributed by atoms with Crippen LogP contribution in [0.15, 0.2) is 0 Å². The van der Waals surface area contributed by atoms with E-state index < -0.39 is 97.5 Å². The first-order valence-electron chi connectivity index (χ1n) is 40.8. The maximum Gasteiger partial charge on any atom is 0.472 e. The van der Waals surface area contributed by atoms with Gasteiger partial charge in [0.15, 0.2) is 12.2 Å². The summed E-state index contributed by atoms with van der Waals surface area (Å²) in [6, 6.07) is 0. The van der Waals surface area contributed by atoms with E-state index in [1.807, 2.05) is 0 Å². The number of esters is 4. The Morgan fingerprint density at radius 1 is 0.286 bits per heavy atom. The number of phosphoric ester groups is 2. The van der Waals surface area contributed by atoms with E-state index in [-0.39, 0.29) is 25.7 Å². The number of phosphoric acid groups is 2. The molecule has 0 bridgehead atoms. The molecule has 582 valence electrons. The van der Waals surface area contributed by atoms with Crippen LogP contribution in [-0.2, 0) is 65.4 Å². The third-order valence-electron chi connectivity index (χ3n) is 19.0. The van der Waals surface area contributed by atoms with Crippen molar-refractivity contribution in [1.82, 2.24) is 0 Å². The molecule has 7 atom stereocenters. The van der Waals surface area contributed by atoms with Gasteiger partial charge in [-0.05, 0) is 49.4 Å². The number of hydrogen-bond donors (Lipinski definition) is 3. The van der Waals surface area contributed by atoms with Crippen LogP contribution in [0.5, 0.6) is 0 Å². The average molecular weight is 1440 g/mol. The highest BCUT2D eigenvalue weighted by atomic mass is 31.2. The zero-order chi connectivity index (χ0) is 72.4. The lowest BCUT2D eigenvalue weighted by Crippen LogP contribution is -2.30. The second kappa shape index (κ2) is 68.2. The lowest BCUT2D eigenvalue weighted by Gasteiger charge is -2.21. The summed E-state index contributed by atoms with van der Waals surface area (Å²) in [7, 11) is -9.92. The Kier molecular flexibility index (Phi) is 66.8. The first-order valence-corrected chi connectivity index (χ1v) is 43.8. The van der Waals surface area contributed by atoms with Crippen molar-refractivity contribution < 1.29 is 80.2 Å². The summed E-state index contributed by atoms with van der Waals surface area (Å²) < 4.78 is 68.6. The number of rotatable bonds is 76. The van der Waals surface area contributed by atoms with Gasteiger partial charge in [0.25, 0.3) is 0 Å². The number of aliphatic hydroxyl groups excluding tert-OH is 1. The fraction of sp³-hybridized carbons (Fsp3) is 0.949. The van der Waals surface area contributed by atoms with E-state index in [4.69, 9.17) is 37.0 Å². The average Bonchev–Trinajstić information content (AvgIpc) is 1.03. The van der Waals surface area contributed by atoms with Crippen LogP contribution in [0.25, 0.3) is 0 Å². The van der Waals surface area contributed by atoms with E-state index in [9.17, 15) is 43.2 Å². The summed E-state index contributed by atoms with van der Waals surface area (Å²) in [4.78, 5) is 72.9. The number of carbonyl (C=O) groups is 4. The normalized spacial score (nSPS) is 14.6. The van der Waals surface area contributed by atoms with Gasteiger partial charge in [-0.3, -0.25) is 37.3 Å². The molecule has 3 N–H and O–H groups in total. The quantitative estimate of drug-likeness (QED) is 0.0222. The van der Waals surface area contributed by atoms with Crippen LogP contribution in [0.3, 0.4) is 0 Å². The minimum atomic E-state index is -4.96. The fourth-order valence-corrected chi connectivity index (χ4v) is 13.6. The van der Waals surface area contributed by atoms with Crippen LogP contribution in [0.1, 0.15) is 402 Å². The lowest BCUT2D eigenvalue weighted by molar-refractivity contribution is -0.161. The van der Waals surface area contributed by atoms with E-state index >= 15 is 0 Å². The Labute approximate surface area is 600 Å². The highest BCUT2D eigenvalue weighted by molar-refractivity contribution is 7.47.